The summed E-state index contributed by atoms with van der Waals surface area (Å²) in [4.78, 5) is 42.6. The zero-order valence-corrected chi connectivity index (χ0v) is 17.2. The summed E-state index contributed by atoms with van der Waals surface area (Å²) in [5, 5.41) is 2.07. The number of ether oxygens (including phenoxy) is 1. The van der Waals surface area contributed by atoms with Crippen molar-refractivity contribution < 1.29 is 19.1 Å². The molecule has 6 nitrogen and oxygen atoms in total. The van der Waals surface area contributed by atoms with E-state index in [1.165, 1.54) is 9.80 Å². The van der Waals surface area contributed by atoms with E-state index in [-0.39, 0.29) is 31.3 Å². The van der Waals surface area contributed by atoms with Gasteiger partial charge in [0.25, 0.3) is 5.91 Å². The maximum absolute atomic E-state index is 13.6. The van der Waals surface area contributed by atoms with Crippen LogP contribution in [0.5, 0.6) is 0 Å². The van der Waals surface area contributed by atoms with Crippen LogP contribution in [0.1, 0.15) is 35.7 Å². The highest BCUT2D eigenvalue weighted by atomic mass is 16.5. The molecule has 0 bridgehead atoms. The SMILES string of the molecule is CCN1C(=O)c2ccccc2N2C(=O)CC[C@]12C(=O)OCc1cccc2ccccc12. The number of para-hydroxylation sites is 1. The minimum atomic E-state index is -1.44. The summed E-state index contributed by atoms with van der Waals surface area (Å²) >= 11 is 0. The van der Waals surface area contributed by atoms with E-state index in [1.807, 2.05) is 49.4 Å². The van der Waals surface area contributed by atoms with E-state index in [0.29, 0.717) is 17.8 Å². The Labute approximate surface area is 180 Å². The molecule has 3 aromatic carbocycles. The van der Waals surface area contributed by atoms with Gasteiger partial charge in [-0.25, -0.2) is 4.79 Å². The number of hydrogen-bond acceptors (Lipinski definition) is 4. The molecule has 31 heavy (non-hydrogen) atoms. The zero-order chi connectivity index (χ0) is 21.6. The summed E-state index contributed by atoms with van der Waals surface area (Å²) in [6.45, 7) is 2.17. The number of likely N-dealkylation sites (N-methyl/N-ethyl adjacent to an activating group) is 1. The summed E-state index contributed by atoms with van der Waals surface area (Å²) in [5.41, 5.74) is 0.338. The van der Waals surface area contributed by atoms with Gasteiger partial charge in [0.05, 0.1) is 11.3 Å². The van der Waals surface area contributed by atoms with Crippen LogP contribution in [0, 0.1) is 0 Å². The second-order valence-corrected chi connectivity index (χ2v) is 7.83. The fourth-order valence-electron chi connectivity index (χ4n) is 4.85. The molecule has 0 N–H and O–H groups in total. The van der Waals surface area contributed by atoms with Crippen LogP contribution in [-0.4, -0.2) is 34.9 Å². The Morgan fingerprint density at radius 1 is 1.00 bits per heavy atom. The normalized spacial score (nSPS) is 20.0. The Balaban J connectivity index is 1.53. The highest BCUT2D eigenvalue weighted by Crippen LogP contribution is 2.45. The summed E-state index contributed by atoms with van der Waals surface area (Å²) in [6.07, 6.45) is 0.398. The van der Waals surface area contributed by atoms with Gasteiger partial charge in [-0.15, -0.1) is 0 Å². The first-order valence-corrected chi connectivity index (χ1v) is 10.5. The highest BCUT2D eigenvalue weighted by molar-refractivity contribution is 6.15. The van der Waals surface area contributed by atoms with Crippen molar-refractivity contribution in [2.75, 3.05) is 11.4 Å². The monoisotopic (exact) mass is 414 g/mol. The number of anilines is 1. The summed E-state index contributed by atoms with van der Waals surface area (Å²) in [6, 6.07) is 20.7. The standard InChI is InChI=1S/C25H22N2O4/c1-2-26-23(29)20-12-5-6-13-21(20)27-22(28)14-15-25(26,27)24(30)31-16-18-10-7-9-17-8-3-4-11-19(17)18/h3-13H,2,14-16H2,1H3/t25-/m0/s1. The number of fused-ring (bicyclic) bond motifs is 4. The van der Waals surface area contributed by atoms with E-state index in [1.54, 1.807) is 24.3 Å². The van der Waals surface area contributed by atoms with Crippen molar-refractivity contribution in [1.29, 1.82) is 0 Å². The fourth-order valence-corrected chi connectivity index (χ4v) is 4.85. The second-order valence-electron chi connectivity index (χ2n) is 7.83. The number of benzene rings is 3. The summed E-state index contributed by atoms with van der Waals surface area (Å²) in [5.74, 6) is -1.01. The summed E-state index contributed by atoms with van der Waals surface area (Å²) < 4.78 is 5.80. The number of carbonyl (C=O) groups is 3. The molecule has 5 rings (SSSR count). The van der Waals surface area contributed by atoms with Crippen LogP contribution < -0.4 is 4.90 Å². The topological polar surface area (TPSA) is 66.9 Å². The Morgan fingerprint density at radius 3 is 2.58 bits per heavy atom. The van der Waals surface area contributed by atoms with Crippen molar-refractivity contribution in [2.45, 2.75) is 32.0 Å². The molecule has 6 heteroatoms. The van der Waals surface area contributed by atoms with Crippen molar-refractivity contribution in [3.63, 3.8) is 0 Å². The van der Waals surface area contributed by atoms with E-state index < -0.39 is 11.6 Å². The van der Waals surface area contributed by atoms with E-state index >= 15 is 0 Å². The van der Waals surface area contributed by atoms with Crippen molar-refractivity contribution in [3.05, 3.63) is 77.9 Å². The van der Waals surface area contributed by atoms with Crippen LogP contribution in [0.3, 0.4) is 0 Å². The molecule has 1 fully saturated rings. The first kappa shape index (κ1) is 19.3. The molecule has 0 saturated carbocycles. The van der Waals surface area contributed by atoms with E-state index in [4.69, 9.17) is 4.74 Å². The number of rotatable bonds is 4. The smallest absolute Gasteiger partial charge is 0.354 e. The van der Waals surface area contributed by atoms with Gasteiger partial charge in [-0.2, -0.15) is 0 Å². The van der Waals surface area contributed by atoms with Crippen LogP contribution in [-0.2, 0) is 20.9 Å². The first-order valence-electron chi connectivity index (χ1n) is 10.5. The summed E-state index contributed by atoms with van der Waals surface area (Å²) in [7, 11) is 0. The molecule has 0 aliphatic carbocycles. The molecule has 1 saturated heterocycles. The van der Waals surface area contributed by atoms with Gasteiger partial charge in [-0.3, -0.25) is 14.5 Å². The lowest BCUT2D eigenvalue weighted by atomic mass is 9.96. The van der Waals surface area contributed by atoms with E-state index in [0.717, 1.165) is 16.3 Å². The van der Waals surface area contributed by atoms with Gasteiger partial charge in [0.1, 0.15) is 6.61 Å². The van der Waals surface area contributed by atoms with Gasteiger partial charge >= 0.3 is 5.97 Å². The third-order valence-corrected chi connectivity index (χ3v) is 6.26. The van der Waals surface area contributed by atoms with Crippen molar-refractivity contribution in [1.82, 2.24) is 4.90 Å². The quantitative estimate of drug-likeness (QED) is 0.608. The van der Waals surface area contributed by atoms with Crippen LogP contribution in [0.15, 0.2) is 66.7 Å². The predicted octanol–water partition coefficient (Wildman–Crippen LogP) is 3.88. The second kappa shape index (κ2) is 7.23. The van der Waals surface area contributed by atoms with Crippen LogP contribution in [0.2, 0.25) is 0 Å². The van der Waals surface area contributed by atoms with Crippen LogP contribution in [0.4, 0.5) is 5.69 Å². The molecule has 2 heterocycles. The zero-order valence-electron chi connectivity index (χ0n) is 17.2. The molecule has 0 radical (unpaired) electrons. The van der Waals surface area contributed by atoms with E-state index in [9.17, 15) is 14.4 Å². The van der Waals surface area contributed by atoms with E-state index in [2.05, 4.69) is 0 Å². The minimum absolute atomic E-state index is 0.0668. The molecule has 2 aliphatic rings. The lowest BCUT2D eigenvalue weighted by Gasteiger charge is -2.48. The molecule has 0 spiro atoms. The van der Waals surface area contributed by atoms with Gasteiger partial charge in [0.15, 0.2) is 0 Å². The molecule has 3 aromatic rings. The number of hydrogen-bond donors (Lipinski definition) is 0. The van der Waals surface area contributed by atoms with Gasteiger partial charge < -0.3 is 9.64 Å². The average molecular weight is 414 g/mol. The molecular formula is C25H22N2O4. The lowest BCUT2D eigenvalue weighted by Crippen LogP contribution is -2.68. The first-order chi connectivity index (χ1) is 15.1. The van der Waals surface area contributed by atoms with Crippen molar-refractivity contribution in [3.8, 4) is 0 Å². The third kappa shape index (κ3) is 2.75. The number of esters is 1. The molecule has 1 atom stereocenters. The van der Waals surface area contributed by atoms with Gasteiger partial charge in [-0.05, 0) is 35.4 Å². The van der Waals surface area contributed by atoms with Crippen molar-refractivity contribution in [2.24, 2.45) is 0 Å². The Hall–Kier alpha value is -3.67. The Bertz CT molecular complexity index is 1220. The fraction of sp³-hybridized carbons (Fsp3) is 0.240. The average Bonchev–Trinajstić information content (AvgIpc) is 3.16. The van der Waals surface area contributed by atoms with Crippen molar-refractivity contribution >= 4 is 34.2 Å². The largest absolute Gasteiger partial charge is 0.458 e. The Morgan fingerprint density at radius 2 is 1.74 bits per heavy atom. The van der Waals surface area contributed by atoms with Crippen LogP contribution >= 0.6 is 0 Å². The van der Waals surface area contributed by atoms with Gasteiger partial charge in [-0.1, -0.05) is 54.6 Å². The minimum Gasteiger partial charge on any atom is -0.458 e. The predicted molar refractivity (Wildman–Crippen MR) is 116 cm³/mol. The molecule has 2 amide bonds. The number of nitrogens with zero attached hydrogens (tertiary/aromatic N) is 2. The van der Waals surface area contributed by atoms with Crippen LogP contribution in [0.25, 0.3) is 10.8 Å². The Kier molecular flexibility index (Phi) is 4.50. The number of amides is 2. The maximum Gasteiger partial charge on any atom is 0.354 e. The molecule has 0 aromatic heterocycles. The molecule has 0 unspecified atom stereocenters. The lowest BCUT2D eigenvalue weighted by molar-refractivity contribution is -0.158. The molecule has 156 valence electrons. The molecular weight excluding hydrogens is 392 g/mol. The number of carbonyl (C=O) groups excluding carboxylic acids is 3. The molecule has 2 aliphatic heterocycles. The van der Waals surface area contributed by atoms with Gasteiger partial charge in [0, 0.05) is 19.4 Å². The third-order valence-electron chi connectivity index (χ3n) is 6.26. The maximum atomic E-state index is 13.6. The highest BCUT2D eigenvalue weighted by Gasteiger charge is 2.61. The van der Waals surface area contributed by atoms with Gasteiger partial charge in [0.2, 0.25) is 11.6 Å².